The molecular weight excluding hydrogens is 284 g/mol. The monoisotopic (exact) mass is 294 g/mol. The summed E-state index contributed by atoms with van der Waals surface area (Å²) in [6.45, 7) is 0. The Bertz CT molecular complexity index is 772. The standard InChI is InChI=1S/C17H11Br/c18-16-10-12-9-11-5-1-2-6-13(11)17(12)15-8-4-3-7-14(15)16/h1-8,10H,9H2. The maximum absolute atomic E-state index is 3.70. The molecule has 0 saturated heterocycles. The summed E-state index contributed by atoms with van der Waals surface area (Å²) in [5.41, 5.74) is 5.69. The molecule has 0 nitrogen and oxygen atoms in total. The van der Waals surface area contributed by atoms with Gasteiger partial charge in [-0.3, -0.25) is 0 Å². The van der Waals surface area contributed by atoms with Gasteiger partial charge in [0, 0.05) is 4.47 Å². The van der Waals surface area contributed by atoms with Gasteiger partial charge in [0.15, 0.2) is 0 Å². The fourth-order valence-corrected chi connectivity index (χ4v) is 3.59. The van der Waals surface area contributed by atoms with Crippen molar-refractivity contribution in [1.29, 1.82) is 0 Å². The van der Waals surface area contributed by atoms with Crippen LogP contribution in [0.25, 0.3) is 21.9 Å². The van der Waals surface area contributed by atoms with Gasteiger partial charge in [0.1, 0.15) is 0 Å². The Morgan fingerprint density at radius 2 is 1.50 bits per heavy atom. The van der Waals surface area contributed by atoms with Gasteiger partial charge in [-0.2, -0.15) is 0 Å². The molecule has 4 rings (SSSR count). The van der Waals surface area contributed by atoms with E-state index in [2.05, 4.69) is 70.5 Å². The van der Waals surface area contributed by atoms with Crippen molar-refractivity contribution in [3.05, 3.63) is 70.2 Å². The van der Waals surface area contributed by atoms with Gasteiger partial charge in [-0.15, -0.1) is 0 Å². The molecule has 1 aliphatic carbocycles. The zero-order valence-corrected chi connectivity index (χ0v) is 11.4. The highest BCUT2D eigenvalue weighted by Crippen LogP contribution is 2.43. The van der Waals surface area contributed by atoms with Gasteiger partial charge in [-0.25, -0.2) is 0 Å². The summed E-state index contributed by atoms with van der Waals surface area (Å²) >= 11 is 3.70. The minimum Gasteiger partial charge on any atom is -0.0619 e. The normalized spacial score (nSPS) is 12.5. The zero-order valence-electron chi connectivity index (χ0n) is 9.78. The summed E-state index contributed by atoms with van der Waals surface area (Å²) in [4.78, 5) is 0. The van der Waals surface area contributed by atoms with Crippen LogP contribution in [0.15, 0.2) is 59.1 Å². The van der Waals surface area contributed by atoms with Gasteiger partial charge in [0.25, 0.3) is 0 Å². The Balaban J connectivity index is 2.19. The lowest BCUT2D eigenvalue weighted by atomic mass is 9.98. The lowest BCUT2D eigenvalue weighted by Crippen LogP contribution is -1.84. The van der Waals surface area contributed by atoms with Crippen molar-refractivity contribution >= 4 is 26.7 Å². The molecule has 3 aromatic rings. The zero-order chi connectivity index (χ0) is 12.1. The molecule has 86 valence electrons. The molecule has 0 spiro atoms. The van der Waals surface area contributed by atoms with E-state index in [0.29, 0.717) is 0 Å². The Hall–Kier alpha value is -1.60. The highest BCUT2D eigenvalue weighted by atomic mass is 79.9. The number of hydrogen-bond acceptors (Lipinski definition) is 0. The first kappa shape index (κ1) is 10.3. The van der Waals surface area contributed by atoms with Crippen molar-refractivity contribution in [2.45, 2.75) is 6.42 Å². The third-order valence-electron chi connectivity index (χ3n) is 3.74. The van der Waals surface area contributed by atoms with Crippen LogP contribution in [-0.2, 0) is 6.42 Å². The van der Waals surface area contributed by atoms with Crippen LogP contribution in [0, 0.1) is 0 Å². The minimum atomic E-state index is 1.05. The van der Waals surface area contributed by atoms with Crippen LogP contribution in [0.4, 0.5) is 0 Å². The van der Waals surface area contributed by atoms with Gasteiger partial charge < -0.3 is 0 Å². The largest absolute Gasteiger partial charge is 0.0619 e. The molecule has 0 fully saturated rings. The first-order chi connectivity index (χ1) is 8.84. The molecule has 0 amide bonds. The van der Waals surface area contributed by atoms with Crippen LogP contribution in [0.3, 0.4) is 0 Å². The third kappa shape index (κ3) is 1.31. The van der Waals surface area contributed by atoms with E-state index in [1.54, 1.807) is 0 Å². The molecule has 0 saturated carbocycles. The lowest BCUT2D eigenvalue weighted by molar-refractivity contribution is 1.26. The Morgan fingerprint density at radius 1 is 0.778 bits per heavy atom. The topological polar surface area (TPSA) is 0 Å². The fraction of sp³-hybridized carbons (Fsp3) is 0.0588. The molecule has 0 atom stereocenters. The van der Waals surface area contributed by atoms with Crippen LogP contribution in [0.1, 0.15) is 11.1 Å². The maximum Gasteiger partial charge on any atom is 0.0257 e. The van der Waals surface area contributed by atoms with Crippen molar-refractivity contribution in [2.75, 3.05) is 0 Å². The molecule has 0 radical (unpaired) electrons. The predicted molar refractivity (Wildman–Crippen MR) is 79.9 cm³/mol. The fourth-order valence-electron chi connectivity index (χ4n) is 2.97. The minimum absolute atomic E-state index is 1.05. The highest BCUT2D eigenvalue weighted by Gasteiger charge is 2.21. The van der Waals surface area contributed by atoms with Crippen LogP contribution < -0.4 is 0 Å². The SMILES string of the molecule is Brc1cc2c(c3ccccc13)-c1ccccc1C2. The second kappa shape index (κ2) is 3.69. The second-order valence-corrected chi connectivity index (χ2v) is 5.63. The Morgan fingerprint density at radius 3 is 2.39 bits per heavy atom. The molecule has 0 aliphatic heterocycles. The van der Waals surface area contributed by atoms with E-state index in [-0.39, 0.29) is 0 Å². The van der Waals surface area contributed by atoms with Crippen molar-refractivity contribution in [1.82, 2.24) is 0 Å². The average molecular weight is 295 g/mol. The summed E-state index contributed by atoms with van der Waals surface area (Å²) < 4.78 is 1.20. The molecule has 1 heteroatoms. The van der Waals surface area contributed by atoms with E-state index in [4.69, 9.17) is 0 Å². The van der Waals surface area contributed by atoms with Crippen LogP contribution in [-0.4, -0.2) is 0 Å². The summed E-state index contributed by atoms with van der Waals surface area (Å²) in [5.74, 6) is 0. The first-order valence-electron chi connectivity index (χ1n) is 6.13. The van der Waals surface area contributed by atoms with E-state index in [1.165, 1.54) is 37.5 Å². The molecule has 1 aliphatic rings. The summed E-state index contributed by atoms with van der Waals surface area (Å²) in [5, 5.41) is 2.65. The van der Waals surface area contributed by atoms with Gasteiger partial charge in [-0.05, 0) is 45.5 Å². The van der Waals surface area contributed by atoms with Crippen molar-refractivity contribution in [3.8, 4) is 11.1 Å². The number of hydrogen-bond donors (Lipinski definition) is 0. The van der Waals surface area contributed by atoms with Crippen molar-refractivity contribution in [2.24, 2.45) is 0 Å². The van der Waals surface area contributed by atoms with E-state index >= 15 is 0 Å². The van der Waals surface area contributed by atoms with Crippen molar-refractivity contribution < 1.29 is 0 Å². The molecule has 0 unspecified atom stereocenters. The average Bonchev–Trinajstić information content (AvgIpc) is 2.77. The second-order valence-electron chi connectivity index (χ2n) is 4.77. The molecule has 18 heavy (non-hydrogen) atoms. The molecular formula is C17H11Br. The predicted octanol–water partition coefficient (Wildman–Crippen LogP) is 5.17. The summed E-state index contributed by atoms with van der Waals surface area (Å²) in [7, 11) is 0. The van der Waals surface area contributed by atoms with Crippen LogP contribution in [0.2, 0.25) is 0 Å². The van der Waals surface area contributed by atoms with E-state index in [1.807, 2.05) is 0 Å². The lowest BCUT2D eigenvalue weighted by Gasteiger charge is -2.08. The van der Waals surface area contributed by atoms with E-state index in [9.17, 15) is 0 Å². The first-order valence-corrected chi connectivity index (χ1v) is 6.92. The third-order valence-corrected chi connectivity index (χ3v) is 4.40. The molecule has 0 heterocycles. The van der Waals surface area contributed by atoms with Gasteiger partial charge in [-0.1, -0.05) is 64.5 Å². The quantitative estimate of drug-likeness (QED) is 0.419. The number of benzene rings is 3. The van der Waals surface area contributed by atoms with E-state index in [0.717, 1.165) is 6.42 Å². The molecule has 3 aromatic carbocycles. The van der Waals surface area contributed by atoms with Gasteiger partial charge in [0.2, 0.25) is 0 Å². The van der Waals surface area contributed by atoms with Crippen LogP contribution in [0.5, 0.6) is 0 Å². The molecule has 0 aromatic heterocycles. The maximum atomic E-state index is 3.70. The summed E-state index contributed by atoms with van der Waals surface area (Å²) in [6, 6.07) is 19.6. The number of rotatable bonds is 0. The van der Waals surface area contributed by atoms with Crippen LogP contribution >= 0.6 is 15.9 Å². The van der Waals surface area contributed by atoms with Gasteiger partial charge in [0.05, 0.1) is 0 Å². The number of fused-ring (bicyclic) bond motifs is 5. The Labute approximate surface area is 114 Å². The smallest absolute Gasteiger partial charge is 0.0257 e. The van der Waals surface area contributed by atoms with E-state index < -0.39 is 0 Å². The molecule has 0 bridgehead atoms. The summed E-state index contributed by atoms with van der Waals surface area (Å²) in [6.07, 6.45) is 1.05. The molecule has 0 N–H and O–H groups in total. The van der Waals surface area contributed by atoms with Crippen molar-refractivity contribution in [3.63, 3.8) is 0 Å². The highest BCUT2D eigenvalue weighted by molar-refractivity contribution is 9.10. The number of halogens is 1. The van der Waals surface area contributed by atoms with Gasteiger partial charge >= 0.3 is 0 Å². The Kier molecular flexibility index (Phi) is 2.12.